The zero-order chi connectivity index (χ0) is 13.1. The minimum absolute atomic E-state index is 0.118. The molecule has 2 nitrogen and oxygen atoms in total. The highest BCUT2D eigenvalue weighted by molar-refractivity contribution is 5.96. The molecule has 1 N–H and O–H groups in total. The normalized spacial score (nSPS) is 23.9. The zero-order valence-corrected chi connectivity index (χ0v) is 10.4. The molecule has 2 rings (SSSR count). The summed E-state index contributed by atoms with van der Waals surface area (Å²) in [5.41, 5.74) is 0.118. The van der Waals surface area contributed by atoms with Gasteiger partial charge in [-0.3, -0.25) is 4.79 Å². The molecule has 0 amide bonds. The molecule has 0 aromatic heterocycles. The molecule has 1 fully saturated rings. The van der Waals surface area contributed by atoms with Crippen molar-refractivity contribution in [2.24, 2.45) is 5.92 Å². The molecule has 1 saturated heterocycles. The van der Waals surface area contributed by atoms with Crippen LogP contribution in [0.15, 0.2) is 18.2 Å². The van der Waals surface area contributed by atoms with Crippen molar-refractivity contribution in [1.29, 1.82) is 0 Å². The van der Waals surface area contributed by atoms with E-state index in [-0.39, 0.29) is 17.4 Å². The lowest BCUT2D eigenvalue weighted by Crippen LogP contribution is -2.38. The van der Waals surface area contributed by atoms with Crippen LogP contribution in [0.25, 0.3) is 0 Å². The Labute approximate surface area is 105 Å². The van der Waals surface area contributed by atoms with Crippen LogP contribution in [-0.2, 0) is 0 Å². The summed E-state index contributed by atoms with van der Waals surface area (Å²) >= 11 is 0. The SMILES string of the molecule is CC1CCNC(CC(=O)c2cc(F)cc(F)c2)C1. The second kappa shape index (κ2) is 5.57. The third-order valence-corrected chi connectivity index (χ3v) is 3.37. The van der Waals surface area contributed by atoms with Crippen molar-refractivity contribution in [3.05, 3.63) is 35.4 Å². The van der Waals surface area contributed by atoms with Crippen LogP contribution in [0.5, 0.6) is 0 Å². The van der Waals surface area contributed by atoms with Gasteiger partial charge in [-0.2, -0.15) is 0 Å². The number of rotatable bonds is 3. The van der Waals surface area contributed by atoms with E-state index < -0.39 is 11.6 Å². The maximum absolute atomic E-state index is 13.0. The lowest BCUT2D eigenvalue weighted by atomic mass is 9.90. The maximum atomic E-state index is 13.0. The van der Waals surface area contributed by atoms with Crippen LogP contribution >= 0.6 is 0 Å². The van der Waals surface area contributed by atoms with Crippen molar-refractivity contribution in [2.45, 2.75) is 32.2 Å². The number of halogens is 2. The molecule has 4 heteroatoms. The molecule has 1 heterocycles. The molecule has 2 atom stereocenters. The van der Waals surface area contributed by atoms with E-state index in [1.54, 1.807) is 0 Å². The van der Waals surface area contributed by atoms with E-state index in [1.165, 1.54) is 0 Å². The van der Waals surface area contributed by atoms with Crippen LogP contribution in [0.4, 0.5) is 8.78 Å². The Balaban J connectivity index is 2.02. The van der Waals surface area contributed by atoms with Crippen molar-refractivity contribution >= 4 is 5.78 Å². The smallest absolute Gasteiger partial charge is 0.164 e. The highest BCUT2D eigenvalue weighted by Gasteiger charge is 2.21. The van der Waals surface area contributed by atoms with Gasteiger partial charge in [0, 0.05) is 24.1 Å². The molecule has 0 bridgehead atoms. The van der Waals surface area contributed by atoms with Crippen molar-refractivity contribution in [3.63, 3.8) is 0 Å². The van der Waals surface area contributed by atoms with E-state index in [0.29, 0.717) is 12.3 Å². The fourth-order valence-corrected chi connectivity index (χ4v) is 2.43. The van der Waals surface area contributed by atoms with Gasteiger partial charge in [0.15, 0.2) is 5.78 Å². The topological polar surface area (TPSA) is 29.1 Å². The summed E-state index contributed by atoms with van der Waals surface area (Å²) in [5.74, 6) is -1.03. The van der Waals surface area contributed by atoms with E-state index in [4.69, 9.17) is 0 Å². The maximum Gasteiger partial charge on any atom is 0.164 e. The summed E-state index contributed by atoms with van der Waals surface area (Å²) in [4.78, 5) is 12.0. The summed E-state index contributed by atoms with van der Waals surface area (Å²) < 4.78 is 26.0. The highest BCUT2D eigenvalue weighted by atomic mass is 19.1. The number of benzene rings is 1. The Morgan fingerprint density at radius 3 is 2.61 bits per heavy atom. The molecule has 0 saturated carbocycles. The Hall–Kier alpha value is -1.29. The molecule has 0 radical (unpaired) electrons. The van der Waals surface area contributed by atoms with E-state index in [2.05, 4.69) is 12.2 Å². The van der Waals surface area contributed by atoms with Gasteiger partial charge in [0.1, 0.15) is 11.6 Å². The first-order valence-corrected chi connectivity index (χ1v) is 6.27. The third-order valence-electron chi connectivity index (χ3n) is 3.37. The Morgan fingerprint density at radius 1 is 1.33 bits per heavy atom. The monoisotopic (exact) mass is 253 g/mol. The highest BCUT2D eigenvalue weighted by Crippen LogP contribution is 2.19. The standard InChI is InChI=1S/C14H17F2NO/c1-9-2-3-17-13(4-9)8-14(18)10-5-11(15)7-12(16)6-10/h5-7,9,13,17H,2-4,8H2,1H3. The van der Waals surface area contributed by atoms with E-state index in [0.717, 1.165) is 37.6 Å². The molecule has 1 aliphatic heterocycles. The molecule has 98 valence electrons. The molecule has 1 aliphatic rings. The van der Waals surface area contributed by atoms with E-state index >= 15 is 0 Å². The van der Waals surface area contributed by atoms with Gasteiger partial charge < -0.3 is 5.32 Å². The molecule has 1 aromatic rings. The average Bonchev–Trinajstić information content (AvgIpc) is 2.27. The molecule has 0 aliphatic carbocycles. The van der Waals surface area contributed by atoms with Crippen LogP contribution in [0.2, 0.25) is 0 Å². The predicted octanol–water partition coefficient (Wildman–Crippen LogP) is 2.93. The number of hydrogen-bond acceptors (Lipinski definition) is 2. The summed E-state index contributed by atoms with van der Waals surface area (Å²) in [6.45, 7) is 3.05. The molecule has 2 unspecified atom stereocenters. The molecular formula is C14H17F2NO. The van der Waals surface area contributed by atoms with Crippen molar-refractivity contribution in [3.8, 4) is 0 Å². The predicted molar refractivity (Wildman–Crippen MR) is 65.5 cm³/mol. The first kappa shape index (κ1) is 13.1. The second-order valence-electron chi connectivity index (χ2n) is 5.07. The van der Waals surface area contributed by atoms with Crippen molar-refractivity contribution in [2.75, 3.05) is 6.54 Å². The van der Waals surface area contributed by atoms with Gasteiger partial charge in [-0.05, 0) is 37.4 Å². The van der Waals surface area contributed by atoms with Crippen LogP contribution in [-0.4, -0.2) is 18.4 Å². The summed E-state index contributed by atoms with van der Waals surface area (Å²) in [6.07, 6.45) is 2.34. The van der Waals surface area contributed by atoms with Crippen LogP contribution in [0, 0.1) is 17.6 Å². The number of carbonyl (C=O) groups excluding carboxylic acids is 1. The van der Waals surface area contributed by atoms with Gasteiger partial charge in [0.25, 0.3) is 0 Å². The zero-order valence-electron chi connectivity index (χ0n) is 10.4. The minimum Gasteiger partial charge on any atom is -0.314 e. The minimum atomic E-state index is -0.705. The number of ketones is 1. The fraction of sp³-hybridized carbons (Fsp3) is 0.500. The third kappa shape index (κ3) is 3.35. The van der Waals surface area contributed by atoms with Crippen LogP contribution in [0.3, 0.4) is 0 Å². The van der Waals surface area contributed by atoms with Crippen molar-refractivity contribution in [1.82, 2.24) is 5.32 Å². The lowest BCUT2D eigenvalue weighted by molar-refractivity contribution is 0.0958. The lowest BCUT2D eigenvalue weighted by Gasteiger charge is -2.27. The van der Waals surface area contributed by atoms with Crippen molar-refractivity contribution < 1.29 is 13.6 Å². The first-order valence-electron chi connectivity index (χ1n) is 6.27. The average molecular weight is 253 g/mol. The number of carbonyl (C=O) groups is 1. The van der Waals surface area contributed by atoms with Gasteiger partial charge in [0.05, 0.1) is 0 Å². The van der Waals surface area contributed by atoms with Gasteiger partial charge >= 0.3 is 0 Å². The Morgan fingerprint density at radius 2 is 2.00 bits per heavy atom. The van der Waals surface area contributed by atoms with E-state index in [1.807, 2.05) is 0 Å². The number of Topliss-reactive ketones (excluding diaryl/α,β-unsaturated/α-hetero) is 1. The summed E-state index contributed by atoms with van der Waals surface area (Å²) in [5, 5.41) is 3.27. The second-order valence-corrected chi connectivity index (χ2v) is 5.07. The van der Waals surface area contributed by atoms with Crippen LogP contribution in [0.1, 0.15) is 36.5 Å². The number of nitrogens with one attached hydrogen (secondary N) is 1. The first-order chi connectivity index (χ1) is 8.54. The van der Waals surface area contributed by atoms with Gasteiger partial charge in [-0.1, -0.05) is 6.92 Å². The van der Waals surface area contributed by atoms with Gasteiger partial charge in [-0.15, -0.1) is 0 Å². The Bertz CT molecular complexity index is 427. The van der Waals surface area contributed by atoms with E-state index in [9.17, 15) is 13.6 Å². The quantitative estimate of drug-likeness (QED) is 0.839. The van der Waals surface area contributed by atoms with Gasteiger partial charge in [0.2, 0.25) is 0 Å². The number of piperidine rings is 1. The molecular weight excluding hydrogens is 236 g/mol. The van der Waals surface area contributed by atoms with Crippen LogP contribution < -0.4 is 5.32 Å². The Kier molecular flexibility index (Phi) is 4.07. The molecule has 1 aromatic carbocycles. The van der Waals surface area contributed by atoms with Gasteiger partial charge in [-0.25, -0.2) is 8.78 Å². The summed E-state index contributed by atoms with van der Waals surface area (Å²) in [7, 11) is 0. The molecule has 0 spiro atoms. The summed E-state index contributed by atoms with van der Waals surface area (Å²) in [6, 6.07) is 3.08. The fourth-order valence-electron chi connectivity index (χ4n) is 2.43. The number of hydrogen-bond donors (Lipinski definition) is 1. The molecule has 18 heavy (non-hydrogen) atoms. The largest absolute Gasteiger partial charge is 0.314 e.